The van der Waals surface area contributed by atoms with E-state index < -0.39 is 0 Å². The van der Waals surface area contributed by atoms with Crippen LogP contribution in [-0.4, -0.2) is 14.2 Å². The average Bonchev–Trinajstić information content (AvgIpc) is 2.41. The van der Waals surface area contributed by atoms with Crippen molar-refractivity contribution < 1.29 is 9.13 Å². The molecule has 0 aliphatic heterocycles. The Morgan fingerprint density at radius 3 is 2.58 bits per heavy atom. The van der Waals surface area contributed by atoms with Crippen LogP contribution in [0.2, 0.25) is 0 Å². The number of hydrogen-bond donors (Lipinski definition) is 1. The van der Waals surface area contributed by atoms with Gasteiger partial charge in [0, 0.05) is 9.13 Å². The van der Waals surface area contributed by atoms with E-state index in [2.05, 4.69) is 27.9 Å². The molecule has 0 bridgehead atoms. The van der Waals surface area contributed by atoms with E-state index in [1.165, 1.54) is 7.11 Å². The largest absolute Gasteiger partial charge is 0.494 e. The van der Waals surface area contributed by atoms with Crippen LogP contribution < -0.4 is 10.1 Å². The zero-order valence-corrected chi connectivity index (χ0v) is 12.9. The molecule has 1 atom stereocenters. The second-order valence-electron chi connectivity index (χ2n) is 4.14. The highest BCUT2D eigenvalue weighted by atomic mass is 127. The van der Waals surface area contributed by atoms with Gasteiger partial charge in [-0.25, -0.2) is 4.39 Å². The molecule has 0 saturated heterocycles. The maximum absolute atomic E-state index is 14.3. The van der Waals surface area contributed by atoms with E-state index in [0.717, 1.165) is 9.13 Å². The second kappa shape index (κ2) is 6.34. The minimum absolute atomic E-state index is 0.190. The van der Waals surface area contributed by atoms with E-state index in [9.17, 15) is 4.39 Å². The number of halogens is 2. The monoisotopic (exact) mass is 371 g/mol. The van der Waals surface area contributed by atoms with Crippen molar-refractivity contribution in [3.63, 3.8) is 0 Å². The Hall–Kier alpha value is -1.14. The summed E-state index contributed by atoms with van der Waals surface area (Å²) in [7, 11) is 3.30. The SMILES string of the molecule is CNC(c1cccc(I)c1)c1cccc(OC)c1F. The Bertz CT molecular complexity index is 574. The molecule has 100 valence electrons. The van der Waals surface area contributed by atoms with Crippen LogP contribution in [0.15, 0.2) is 42.5 Å². The highest BCUT2D eigenvalue weighted by Gasteiger charge is 2.18. The molecule has 0 saturated carbocycles. The van der Waals surface area contributed by atoms with E-state index in [1.54, 1.807) is 18.2 Å². The van der Waals surface area contributed by atoms with Crippen LogP contribution in [0.5, 0.6) is 5.75 Å². The molecular weight excluding hydrogens is 356 g/mol. The van der Waals surface area contributed by atoms with Gasteiger partial charge >= 0.3 is 0 Å². The van der Waals surface area contributed by atoms with Gasteiger partial charge in [-0.3, -0.25) is 0 Å². The van der Waals surface area contributed by atoms with Crippen molar-refractivity contribution in [2.75, 3.05) is 14.2 Å². The minimum Gasteiger partial charge on any atom is -0.494 e. The second-order valence-corrected chi connectivity index (χ2v) is 5.39. The Morgan fingerprint density at radius 1 is 1.21 bits per heavy atom. The molecule has 0 heterocycles. The standard InChI is InChI=1S/C15H15FINO/c1-18-15(10-5-3-6-11(17)9-10)12-7-4-8-13(19-2)14(12)16/h3-9,15,18H,1-2H3. The molecule has 2 aromatic carbocycles. The summed E-state index contributed by atoms with van der Waals surface area (Å²) in [5.41, 5.74) is 1.62. The number of ether oxygens (including phenoxy) is 1. The Labute approximate surface area is 126 Å². The molecule has 1 N–H and O–H groups in total. The molecule has 2 nitrogen and oxygen atoms in total. The molecule has 0 aliphatic carbocycles. The third-order valence-corrected chi connectivity index (χ3v) is 3.67. The summed E-state index contributed by atoms with van der Waals surface area (Å²) in [5, 5.41) is 3.16. The Balaban J connectivity index is 2.48. The van der Waals surface area contributed by atoms with Gasteiger partial charge < -0.3 is 10.1 Å². The summed E-state index contributed by atoms with van der Waals surface area (Å²) in [6.45, 7) is 0. The molecule has 0 radical (unpaired) electrons. The fourth-order valence-corrected chi connectivity index (χ4v) is 2.66. The number of rotatable bonds is 4. The fraction of sp³-hybridized carbons (Fsp3) is 0.200. The van der Waals surface area contributed by atoms with E-state index in [1.807, 2.05) is 31.3 Å². The van der Waals surface area contributed by atoms with Crippen molar-refractivity contribution >= 4 is 22.6 Å². The maximum atomic E-state index is 14.3. The molecule has 4 heteroatoms. The van der Waals surface area contributed by atoms with Crippen LogP contribution in [-0.2, 0) is 0 Å². The smallest absolute Gasteiger partial charge is 0.170 e. The zero-order chi connectivity index (χ0) is 13.8. The summed E-state index contributed by atoms with van der Waals surface area (Å²) in [5.74, 6) is -0.0495. The third-order valence-electron chi connectivity index (χ3n) is 2.99. The fourth-order valence-electron chi connectivity index (χ4n) is 2.10. The molecule has 2 rings (SSSR count). The van der Waals surface area contributed by atoms with E-state index in [0.29, 0.717) is 5.56 Å². The van der Waals surface area contributed by atoms with Gasteiger partial charge in [0.1, 0.15) is 0 Å². The highest BCUT2D eigenvalue weighted by molar-refractivity contribution is 14.1. The quantitative estimate of drug-likeness (QED) is 0.827. The van der Waals surface area contributed by atoms with Crippen molar-refractivity contribution in [2.24, 2.45) is 0 Å². The van der Waals surface area contributed by atoms with Crippen LogP contribution in [0.3, 0.4) is 0 Å². The number of benzene rings is 2. The maximum Gasteiger partial charge on any atom is 0.170 e. The molecule has 0 aliphatic rings. The summed E-state index contributed by atoms with van der Waals surface area (Å²) < 4.78 is 20.5. The van der Waals surface area contributed by atoms with Gasteiger partial charge in [0.25, 0.3) is 0 Å². The van der Waals surface area contributed by atoms with Gasteiger partial charge in [-0.05, 0) is 53.4 Å². The van der Waals surface area contributed by atoms with Crippen LogP contribution >= 0.6 is 22.6 Å². The van der Waals surface area contributed by atoms with Crippen molar-refractivity contribution in [1.29, 1.82) is 0 Å². The molecule has 2 aromatic rings. The van der Waals surface area contributed by atoms with E-state index in [-0.39, 0.29) is 17.6 Å². The van der Waals surface area contributed by atoms with Crippen molar-refractivity contribution in [1.82, 2.24) is 5.32 Å². The van der Waals surface area contributed by atoms with Gasteiger partial charge in [0.2, 0.25) is 0 Å². The molecule has 19 heavy (non-hydrogen) atoms. The van der Waals surface area contributed by atoms with Gasteiger partial charge in [-0.2, -0.15) is 0 Å². The van der Waals surface area contributed by atoms with Crippen LogP contribution in [0.1, 0.15) is 17.2 Å². The summed E-state index contributed by atoms with van der Waals surface area (Å²) in [6.07, 6.45) is 0. The highest BCUT2D eigenvalue weighted by Crippen LogP contribution is 2.29. The first-order valence-corrected chi connectivity index (χ1v) is 7.00. The van der Waals surface area contributed by atoms with Crippen molar-refractivity contribution in [2.45, 2.75) is 6.04 Å². The van der Waals surface area contributed by atoms with Gasteiger partial charge in [-0.1, -0.05) is 24.3 Å². The van der Waals surface area contributed by atoms with Crippen LogP contribution in [0.4, 0.5) is 4.39 Å². The first-order chi connectivity index (χ1) is 9.17. The molecular formula is C15H15FINO. The Kier molecular flexibility index (Phi) is 4.76. The first-order valence-electron chi connectivity index (χ1n) is 5.92. The van der Waals surface area contributed by atoms with Gasteiger partial charge in [0.15, 0.2) is 11.6 Å². The summed E-state index contributed by atoms with van der Waals surface area (Å²) in [6, 6.07) is 13.0. The van der Waals surface area contributed by atoms with Crippen LogP contribution in [0, 0.1) is 9.39 Å². The number of methoxy groups -OCH3 is 1. The summed E-state index contributed by atoms with van der Waals surface area (Å²) >= 11 is 2.25. The topological polar surface area (TPSA) is 21.3 Å². The van der Waals surface area contributed by atoms with E-state index in [4.69, 9.17) is 4.74 Å². The molecule has 1 unspecified atom stereocenters. The van der Waals surface area contributed by atoms with Crippen molar-refractivity contribution in [3.05, 3.63) is 63.0 Å². The molecule has 0 aromatic heterocycles. The molecule has 0 fully saturated rings. The van der Waals surface area contributed by atoms with Crippen molar-refractivity contribution in [3.8, 4) is 5.75 Å². The lowest BCUT2D eigenvalue weighted by Gasteiger charge is -2.19. The molecule has 0 spiro atoms. The Morgan fingerprint density at radius 2 is 1.95 bits per heavy atom. The van der Waals surface area contributed by atoms with Gasteiger partial charge in [0.05, 0.1) is 13.2 Å². The van der Waals surface area contributed by atoms with Crippen LogP contribution in [0.25, 0.3) is 0 Å². The predicted octanol–water partition coefficient (Wildman–Crippen LogP) is 3.75. The first kappa shape index (κ1) is 14.3. The predicted molar refractivity (Wildman–Crippen MR) is 83.0 cm³/mol. The number of hydrogen-bond acceptors (Lipinski definition) is 2. The summed E-state index contributed by atoms with van der Waals surface area (Å²) in [4.78, 5) is 0. The van der Waals surface area contributed by atoms with E-state index >= 15 is 0 Å². The number of nitrogens with one attached hydrogen (secondary N) is 1. The minimum atomic E-state index is -0.316. The lowest BCUT2D eigenvalue weighted by Crippen LogP contribution is -2.19. The lowest BCUT2D eigenvalue weighted by molar-refractivity contribution is 0.382. The van der Waals surface area contributed by atoms with Gasteiger partial charge in [-0.15, -0.1) is 0 Å². The molecule has 0 amide bonds. The third kappa shape index (κ3) is 3.06. The lowest BCUT2D eigenvalue weighted by atomic mass is 9.98. The zero-order valence-electron chi connectivity index (χ0n) is 10.8. The average molecular weight is 371 g/mol. The normalized spacial score (nSPS) is 12.2.